The van der Waals surface area contributed by atoms with Gasteiger partial charge < -0.3 is 58.4 Å². The van der Waals surface area contributed by atoms with Crippen LogP contribution in [0.2, 0.25) is 0 Å². The second kappa shape index (κ2) is 10.9. The van der Waals surface area contributed by atoms with Gasteiger partial charge in [-0.15, -0.1) is 0 Å². The van der Waals surface area contributed by atoms with Crippen LogP contribution in [0.5, 0.6) is 34.5 Å². The van der Waals surface area contributed by atoms with Crippen molar-refractivity contribution in [2.75, 3.05) is 35.0 Å². The number of hydrogen-bond acceptors (Lipinski definition) is 13. The lowest BCUT2D eigenvalue weighted by atomic mass is 9.99. The lowest BCUT2D eigenvalue weighted by Crippen LogP contribution is -2.60. The fourth-order valence-electron chi connectivity index (χ4n) is 4.23. The molecule has 1 aromatic heterocycles. The zero-order valence-corrected chi connectivity index (χ0v) is 20.9. The molecule has 0 unspecified atom stereocenters. The number of aliphatic hydroxyl groups is 4. The monoisotopic (exact) mass is 536 g/mol. The fraction of sp³-hybridized carbons (Fsp3) is 0.400. The van der Waals surface area contributed by atoms with Crippen LogP contribution in [0.15, 0.2) is 33.7 Å². The van der Waals surface area contributed by atoms with Crippen LogP contribution in [-0.4, -0.2) is 91.3 Å². The third-order valence-corrected chi connectivity index (χ3v) is 6.25. The van der Waals surface area contributed by atoms with Gasteiger partial charge in [0.2, 0.25) is 17.5 Å². The minimum Gasteiger partial charge on any atom is -0.504 e. The molecule has 206 valence electrons. The average Bonchev–Trinajstić information content (AvgIpc) is 2.92. The second-order valence-electron chi connectivity index (χ2n) is 8.33. The van der Waals surface area contributed by atoms with Crippen molar-refractivity contribution in [1.82, 2.24) is 0 Å². The molecule has 38 heavy (non-hydrogen) atoms. The molecule has 13 nitrogen and oxygen atoms in total. The van der Waals surface area contributed by atoms with Crippen LogP contribution in [0.4, 0.5) is 0 Å². The number of fused-ring (bicyclic) bond motifs is 1. The molecule has 1 saturated heterocycles. The number of methoxy groups -OCH3 is 4. The minimum absolute atomic E-state index is 0.0373. The molecule has 2 heterocycles. The summed E-state index contributed by atoms with van der Waals surface area (Å²) in [4.78, 5) is 13.6. The number of rotatable bonds is 8. The lowest BCUT2D eigenvalue weighted by molar-refractivity contribution is -0.277. The van der Waals surface area contributed by atoms with Crippen LogP contribution in [0.3, 0.4) is 0 Å². The highest BCUT2D eigenvalue weighted by molar-refractivity contribution is 5.92. The zero-order valence-electron chi connectivity index (χ0n) is 20.9. The summed E-state index contributed by atoms with van der Waals surface area (Å²) in [6.07, 6.45) is -6.64. The Hall–Kier alpha value is -3.75. The molecule has 5 atom stereocenters. The van der Waals surface area contributed by atoms with Gasteiger partial charge in [-0.05, 0) is 6.07 Å². The first-order valence-electron chi connectivity index (χ1n) is 11.3. The highest BCUT2D eigenvalue weighted by Gasteiger charge is 2.45. The van der Waals surface area contributed by atoms with E-state index in [0.717, 1.165) is 6.26 Å². The first kappa shape index (κ1) is 27.3. The summed E-state index contributed by atoms with van der Waals surface area (Å²) in [6.45, 7) is -0.665. The van der Waals surface area contributed by atoms with Crippen molar-refractivity contribution < 1.29 is 58.4 Å². The fourth-order valence-corrected chi connectivity index (χ4v) is 4.23. The van der Waals surface area contributed by atoms with E-state index in [2.05, 4.69) is 0 Å². The Labute approximate surface area is 215 Å². The SMILES string of the molecule is COc1cc(OC)c(-c2coc3cc(O[C@@H]4O[C@H](CO)[C@@H](O)[C@H](O)[C@H]4O)c(OC)c(O)c3c2=O)cc1OC. The van der Waals surface area contributed by atoms with E-state index in [9.17, 15) is 30.3 Å². The molecular formula is C25H28O13. The molecule has 13 heteroatoms. The summed E-state index contributed by atoms with van der Waals surface area (Å²) in [7, 11) is 5.51. The van der Waals surface area contributed by atoms with E-state index in [1.54, 1.807) is 0 Å². The summed E-state index contributed by atoms with van der Waals surface area (Å²) in [6, 6.07) is 4.29. The molecule has 4 rings (SSSR count). The van der Waals surface area contributed by atoms with Gasteiger partial charge in [0.25, 0.3) is 0 Å². The molecule has 5 N–H and O–H groups in total. The van der Waals surface area contributed by atoms with Gasteiger partial charge in [-0.2, -0.15) is 0 Å². The van der Waals surface area contributed by atoms with Crippen molar-refractivity contribution in [3.05, 3.63) is 34.7 Å². The van der Waals surface area contributed by atoms with Gasteiger partial charge in [-0.1, -0.05) is 0 Å². The molecule has 0 aliphatic carbocycles. The third-order valence-electron chi connectivity index (χ3n) is 6.25. The molecule has 1 aliphatic rings. The van der Waals surface area contributed by atoms with Crippen molar-refractivity contribution in [3.8, 4) is 45.6 Å². The summed E-state index contributed by atoms with van der Waals surface area (Å²) in [5.74, 6) is -0.145. The Kier molecular flexibility index (Phi) is 7.85. The Bertz CT molecular complexity index is 1370. The lowest BCUT2D eigenvalue weighted by Gasteiger charge is -2.39. The topological polar surface area (TPSA) is 187 Å². The maximum atomic E-state index is 13.6. The van der Waals surface area contributed by atoms with E-state index in [0.29, 0.717) is 17.1 Å². The molecule has 0 saturated carbocycles. The first-order valence-corrected chi connectivity index (χ1v) is 11.3. The average molecular weight is 536 g/mol. The summed E-state index contributed by atoms with van der Waals surface area (Å²) in [5, 5.41) is 50.5. The summed E-state index contributed by atoms with van der Waals surface area (Å²) in [5.41, 5.74) is -0.390. The number of hydrogen-bond donors (Lipinski definition) is 5. The Morgan fingerprint density at radius 1 is 0.816 bits per heavy atom. The van der Waals surface area contributed by atoms with Crippen molar-refractivity contribution in [2.45, 2.75) is 30.7 Å². The molecule has 0 amide bonds. The quantitative estimate of drug-likeness (QED) is 0.266. The van der Waals surface area contributed by atoms with E-state index in [-0.39, 0.29) is 33.8 Å². The second-order valence-corrected chi connectivity index (χ2v) is 8.33. The van der Waals surface area contributed by atoms with Crippen LogP contribution in [-0.2, 0) is 4.74 Å². The van der Waals surface area contributed by atoms with Gasteiger partial charge in [-0.3, -0.25) is 4.79 Å². The molecule has 0 bridgehead atoms. The van der Waals surface area contributed by atoms with Crippen LogP contribution < -0.4 is 29.1 Å². The molecule has 0 radical (unpaired) electrons. The molecule has 0 spiro atoms. The highest BCUT2D eigenvalue weighted by Crippen LogP contribution is 2.44. The standard InChI is InChI=1S/C25H28O13/c1-32-12-6-14(34-3)13(33-2)5-10(12)11-9-36-15-7-16(24(35-4)21(29)18(15)19(11)27)37-25-23(31)22(30)20(28)17(8-26)38-25/h5-7,9,17,20,22-23,25-26,28-31H,8H2,1-4H3/t17-,20-,22+,23-,25-/m1/s1. The maximum absolute atomic E-state index is 13.6. The van der Waals surface area contributed by atoms with Gasteiger partial charge in [0, 0.05) is 17.7 Å². The van der Waals surface area contributed by atoms with Gasteiger partial charge in [0.05, 0.1) is 40.6 Å². The zero-order chi connectivity index (χ0) is 27.7. The van der Waals surface area contributed by atoms with Crippen LogP contribution in [0.1, 0.15) is 0 Å². The smallest absolute Gasteiger partial charge is 0.229 e. The predicted octanol–water partition coefficient (Wildman–Crippen LogP) is 0.379. The number of aliphatic hydroxyl groups excluding tert-OH is 4. The van der Waals surface area contributed by atoms with Crippen molar-refractivity contribution in [3.63, 3.8) is 0 Å². The van der Waals surface area contributed by atoms with Crippen molar-refractivity contribution in [2.24, 2.45) is 0 Å². The van der Waals surface area contributed by atoms with E-state index in [1.165, 1.54) is 46.6 Å². The van der Waals surface area contributed by atoms with E-state index >= 15 is 0 Å². The van der Waals surface area contributed by atoms with Gasteiger partial charge >= 0.3 is 0 Å². The van der Waals surface area contributed by atoms with Crippen LogP contribution in [0.25, 0.3) is 22.1 Å². The number of aromatic hydroxyl groups is 1. The highest BCUT2D eigenvalue weighted by atomic mass is 16.7. The molecule has 1 fully saturated rings. The third kappa shape index (κ3) is 4.54. The first-order chi connectivity index (χ1) is 18.2. The number of phenols is 1. The number of benzene rings is 2. The minimum atomic E-state index is -1.72. The largest absolute Gasteiger partial charge is 0.504 e. The maximum Gasteiger partial charge on any atom is 0.229 e. The number of phenolic OH excluding ortho intramolecular Hbond substituents is 1. The van der Waals surface area contributed by atoms with Crippen LogP contribution >= 0.6 is 0 Å². The number of ether oxygens (including phenoxy) is 6. The van der Waals surface area contributed by atoms with E-state index in [1.807, 2.05) is 0 Å². The molecule has 2 aromatic carbocycles. The van der Waals surface area contributed by atoms with Gasteiger partial charge in [-0.25, -0.2) is 0 Å². The molecule has 1 aliphatic heterocycles. The van der Waals surface area contributed by atoms with Crippen molar-refractivity contribution >= 4 is 11.0 Å². The molecule has 3 aromatic rings. The van der Waals surface area contributed by atoms with E-state index in [4.69, 9.17) is 32.8 Å². The summed E-state index contributed by atoms with van der Waals surface area (Å²) >= 11 is 0. The molecular weight excluding hydrogens is 508 g/mol. The Morgan fingerprint density at radius 3 is 2.08 bits per heavy atom. The van der Waals surface area contributed by atoms with E-state index < -0.39 is 48.5 Å². The normalized spacial score (nSPS) is 23.2. The Balaban J connectivity index is 1.82. The van der Waals surface area contributed by atoms with Crippen LogP contribution in [0, 0.1) is 0 Å². The Morgan fingerprint density at radius 2 is 1.47 bits per heavy atom. The predicted molar refractivity (Wildman–Crippen MR) is 130 cm³/mol. The van der Waals surface area contributed by atoms with Gasteiger partial charge in [0.15, 0.2) is 23.0 Å². The van der Waals surface area contributed by atoms with Gasteiger partial charge in [0.1, 0.15) is 47.4 Å². The summed E-state index contributed by atoms with van der Waals surface area (Å²) < 4.78 is 37.9. The van der Waals surface area contributed by atoms with Crippen molar-refractivity contribution in [1.29, 1.82) is 0 Å².